The van der Waals surface area contributed by atoms with Crippen molar-refractivity contribution < 1.29 is 14.3 Å². The van der Waals surface area contributed by atoms with Crippen molar-refractivity contribution in [1.82, 2.24) is 20.1 Å². The fraction of sp³-hybridized carbons (Fsp3) is 0.548. The summed E-state index contributed by atoms with van der Waals surface area (Å²) in [4.78, 5) is 27.9. The number of nitrogens with zero attached hydrogens (tertiary/aromatic N) is 3. The molecule has 0 saturated carbocycles. The molecule has 0 atom stereocenters. The van der Waals surface area contributed by atoms with E-state index in [0.29, 0.717) is 30.3 Å². The summed E-state index contributed by atoms with van der Waals surface area (Å²) in [6, 6.07) is 7.26. The van der Waals surface area contributed by atoms with Gasteiger partial charge in [-0.25, -0.2) is 9.67 Å². The highest BCUT2D eigenvalue weighted by Gasteiger charge is 2.22. The lowest BCUT2D eigenvalue weighted by molar-refractivity contribution is -0.111. The lowest BCUT2D eigenvalue weighted by Gasteiger charge is -2.26. The number of anilines is 2. The zero-order valence-corrected chi connectivity index (χ0v) is 28.3. The molecule has 0 bridgehead atoms. The summed E-state index contributed by atoms with van der Waals surface area (Å²) in [7, 11) is 0. The molecule has 0 radical (unpaired) electrons. The normalized spacial score (nSPS) is 13.1. The summed E-state index contributed by atoms with van der Waals surface area (Å²) >= 11 is 8.54. The first-order chi connectivity index (χ1) is 20.4. The molecule has 1 fully saturated rings. The van der Waals surface area contributed by atoms with E-state index in [1.165, 1.54) is 19.3 Å². The van der Waals surface area contributed by atoms with Crippen molar-refractivity contribution in [3.63, 3.8) is 0 Å². The van der Waals surface area contributed by atoms with Gasteiger partial charge in [0.15, 0.2) is 5.65 Å². The molecular formula is C31H45BrCl2N6O3. The first-order valence-corrected chi connectivity index (χ1v) is 16.5. The minimum Gasteiger partial charge on any atom is -0.399 e. The molecule has 0 aliphatic carbocycles. The summed E-state index contributed by atoms with van der Waals surface area (Å²) in [6.45, 7) is 6.80. The van der Waals surface area contributed by atoms with Crippen molar-refractivity contribution in [2.75, 3.05) is 29.6 Å². The van der Waals surface area contributed by atoms with Crippen molar-refractivity contribution >= 4 is 73.5 Å². The van der Waals surface area contributed by atoms with Gasteiger partial charge in [-0.3, -0.25) is 9.59 Å². The van der Waals surface area contributed by atoms with Gasteiger partial charge in [0.25, 0.3) is 5.91 Å². The van der Waals surface area contributed by atoms with Gasteiger partial charge in [0.05, 0.1) is 17.3 Å². The molecule has 0 unspecified atom stereocenters. The van der Waals surface area contributed by atoms with Crippen LogP contribution in [0, 0.1) is 0 Å². The second-order valence-corrected chi connectivity index (χ2v) is 11.6. The Balaban J connectivity index is 0.000000461. The summed E-state index contributed by atoms with van der Waals surface area (Å²) in [6.07, 6.45) is 10.9. The topological polar surface area (TPSA) is 124 Å². The molecule has 9 nitrogen and oxygen atoms in total. The van der Waals surface area contributed by atoms with Gasteiger partial charge in [-0.05, 0) is 74.9 Å². The zero-order valence-electron chi connectivity index (χ0n) is 25.2. The SMILES string of the molecule is CCc1nc2c(cnn2CC)c(NC2CCOCC2)c1CNC(=O)c1ccc(N)cc1.Cl.O=C(Cl)CCCCCCCBr. The van der Waals surface area contributed by atoms with E-state index < -0.39 is 0 Å². The Labute approximate surface area is 274 Å². The third-order valence-electron chi connectivity index (χ3n) is 7.28. The number of nitrogens with two attached hydrogens (primary N) is 1. The van der Waals surface area contributed by atoms with Gasteiger partial charge < -0.3 is 21.1 Å². The Bertz CT molecular complexity index is 1280. The van der Waals surface area contributed by atoms with Gasteiger partial charge in [0.1, 0.15) is 0 Å². The Morgan fingerprint density at radius 2 is 1.77 bits per heavy atom. The van der Waals surface area contributed by atoms with Gasteiger partial charge in [-0.2, -0.15) is 5.10 Å². The van der Waals surface area contributed by atoms with E-state index in [4.69, 9.17) is 27.1 Å². The maximum absolute atomic E-state index is 12.7. The number of carbonyl (C=O) groups excluding carboxylic acids is 2. The number of hydrogen-bond acceptors (Lipinski definition) is 7. The van der Waals surface area contributed by atoms with Crippen LogP contribution in [0.4, 0.5) is 11.4 Å². The smallest absolute Gasteiger partial charge is 0.251 e. The second kappa shape index (κ2) is 19.8. The lowest BCUT2D eigenvalue weighted by Crippen LogP contribution is -2.30. The van der Waals surface area contributed by atoms with Gasteiger partial charge in [-0.15, -0.1) is 12.4 Å². The molecule has 1 saturated heterocycles. The molecule has 1 aliphatic rings. The van der Waals surface area contributed by atoms with Crippen LogP contribution in [0.25, 0.3) is 11.0 Å². The minimum absolute atomic E-state index is 0. The number of fused-ring (bicyclic) bond motifs is 1. The zero-order chi connectivity index (χ0) is 30.3. The van der Waals surface area contributed by atoms with E-state index in [-0.39, 0.29) is 23.6 Å². The molecule has 43 heavy (non-hydrogen) atoms. The van der Waals surface area contributed by atoms with Crippen LogP contribution < -0.4 is 16.4 Å². The van der Waals surface area contributed by atoms with E-state index in [9.17, 15) is 9.59 Å². The number of benzene rings is 1. The lowest BCUT2D eigenvalue weighted by atomic mass is 10.0. The average molecular weight is 701 g/mol. The highest BCUT2D eigenvalue weighted by atomic mass is 79.9. The van der Waals surface area contributed by atoms with Crippen LogP contribution in [0.3, 0.4) is 0 Å². The average Bonchev–Trinajstić information content (AvgIpc) is 3.42. The number of hydrogen-bond donors (Lipinski definition) is 3. The Morgan fingerprint density at radius 3 is 2.40 bits per heavy atom. The number of halogens is 3. The van der Waals surface area contributed by atoms with E-state index in [0.717, 1.165) is 85.2 Å². The van der Waals surface area contributed by atoms with Crippen molar-refractivity contribution in [1.29, 1.82) is 0 Å². The number of ether oxygens (including phenoxy) is 1. The fourth-order valence-electron chi connectivity index (χ4n) is 4.89. The number of alkyl halides is 1. The molecule has 3 aromatic rings. The van der Waals surface area contributed by atoms with E-state index in [2.05, 4.69) is 45.5 Å². The third kappa shape index (κ3) is 11.6. The molecular weight excluding hydrogens is 655 g/mol. The molecule has 1 aromatic carbocycles. The molecule has 238 valence electrons. The number of aromatic nitrogens is 3. The van der Waals surface area contributed by atoms with Crippen LogP contribution in [0.5, 0.6) is 0 Å². The number of aryl methyl sites for hydroxylation is 2. The second-order valence-electron chi connectivity index (χ2n) is 10.4. The largest absolute Gasteiger partial charge is 0.399 e. The standard InChI is InChI=1S/C23H30N6O2.C8H14BrClO.ClH/c1-3-20-18(13-25-23(30)15-5-7-16(24)8-6-15)21(27-17-9-11-31-12-10-17)19-14-26-29(4-2)22(19)28-20;9-7-5-3-1-2-4-6-8(10)11;/h5-8,14,17H,3-4,9-13,24H2,1-2H3,(H,25,30)(H,27,28);1-7H2;1H. The third-order valence-corrected chi connectivity index (χ3v) is 8.03. The van der Waals surface area contributed by atoms with Crippen molar-refractivity contribution in [2.45, 2.75) is 90.8 Å². The number of unbranched alkanes of at least 4 members (excludes halogenated alkanes) is 4. The molecule has 4 N–H and O–H groups in total. The Kier molecular flexibility index (Phi) is 16.9. The minimum atomic E-state index is -0.203. The predicted molar refractivity (Wildman–Crippen MR) is 182 cm³/mol. The van der Waals surface area contributed by atoms with Crippen LogP contribution >= 0.6 is 39.9 Å². The quantitative estimate of drug-likeness (QED) is 0.0715. The first kappa shape index (κ1) is 36.8. The van der Waals surface area contributed by atoms with Crippen molar-refractivity contribution in [2.24, 2.45) is 0 Å². The van der Waals surface area contributed by atoms with Gasteiger partial charge >= 0.3 is 0 Å². The van der Waals surface area contributed by atoms with E-state index in [1.54, 1.807) is 24.3 Å². The number of amides is 1. The van der Waals surface area contributed by atoms with E-state index in [1.807, 2.05) is 10.9 Å². The summed E-state index contributed by atoms with van der Waals surface area (Å²) in [5.41, 5.74) is 10.8. The van der Waals surface area contributed by atoms with Crippen LogP contribution in [-0.2, 0) is 29.0 Å². The molecule has 3 heterocycles. The van der Waals surface area contributed by atoms with Crippen LogP contribution in [0.15, 0.2) is 30.5 Å². The number of nitrogen functional groups attached to an aromatic ring is 1. The number of nitrogens with one attached hydrogen (secondary N) is 2. The summed E-state index contributed by atoms with van der Waals surface area (Å²) in [5.74, 6) is -0.136. The van der Waals surface area contributed by atoms with Gasteiger partial charge in [0, 0.05) is 66.6 Å². The number of pyridine rings is 1. The van der Waals surface area contributed by atoms with Gasteiger partial charge in [0.2, 0.25) is 5.24 Å². The highest BCUT2D eigenvalue weighted by molar-refractivity contribution is 9.09. The molecule has 2 aromatic heterocycles. The van der Waals surface area contributed by atoms with Gasteiger partial charge in [-0.1, -0.05) is 42.1 Å². The molecule has 4 rings (SSSR count). The van der Waals surface area contributed by atoms with Crippen LogP contribution in [0.1, 0.15) is 86.8 Å². The Hall–Kier alpha value is -2.40. The highest BCUT2D eigenvalue weighted by Crippen LogP contribution is 2.31. The number of carbonyl (C=O) groups is 2. The maximum atomic E-state index is 12.7. The first-order valence-electron chi connectivity index (χ1n) is 15.0. The molecule has 1 aliphatic heterocycles. The van der Waals surface area contributed by atoms with Crippen molar-refractivity contribution in [3.8, 4) is 0 Å². The molecule has 1 amide bonds. The summed E-state index contributed by atoms with van der Waals surface area (Å²) in [5, 5.41) is 13.2. The monoisotopic (exact) mass is 698 g/mol. The van der Waals surface area contributed by atoms with Crippen LogP contribution in [0.2, 0.25) is 0 Å². The number of rotatable bonds is 14. The predicted octanol–water partition coefficient (Wildman–Crippen LogP) is 7.03. The summed E-state index contributed by atoms with van der Waals surface area (Å²) < 4.78 is 7.44. The van der Waals surface area contributed by atoms with Crippen LogP contribution in [-0.4, -0.2) is 50.5 Å². The fourth-order valence-corrected chi connectivity index (χ4v) is 5.42. The van der Waals surface area contributed by atoms with E-state index >= 15 is 0 Å². The maximum Gasteiger partial charge on any atom is 0.251 e. The molecule has 12 heteroatoms. The molecule has 0 spiro atoms. The van der Waals surface area contributed by atoms with Crippen molar-refractivity contribution in [3.05, 3.63) is 47.3 Å². The Morgan fingerprint density at radius 1 is 1.09 bits per heavy atom.